The van der Waals surface area contributed by atoms with Gasteiger partial charge in [0.25, 0.3) is 0 Å². The number of ether oxygens (including phenoxy) is 3. The van der Waals surface area contributed by atoms with Crippen LogP contribution >= 0.6 is 0 Å². The Morgan fingerprint density at radius 3 is 2.00 bits per heavy atom. The predicted molar refractivity (Wildman–Crippen MR) is 302 cm³/mol. The second kappa shape index (κ2) is 36.9. The molecule has 0 amide bonds. The standard InChI is InChI=1S/C59H105N3O18/c1-34(18-14-12-10-11-13-17-25-62-58(60)61-9)26-38(5)55-37(4)19-15-16-20-45(64)39(6)49(68)28-42(63)27-43(78-54(74)32-53(72)73)29-44-30-51(70)56(75)59(77,80-44)33-52(71)36(3)22-23-46(65)40(7)50(69)31-48(67)35(2)21-24-47(66)41(8)57(76)79-55/h10-11,15-16,19-20,34-52,55-56,63-71,75,77H,12-14,17-18,21-33H2,1-9H3,(H,72,73)(H3,60,61,62). The summed E-state index contributed by atoms with van der Waals surface area (Å²) in [7, 11) is 1.63. The Morgan fingerprint density at radius 1 is 0.762 bits per heavy atom. The number of aliphatic hydroxyl groups excluding tert-OH is 10. The highest BCUT2D eigenvalue weighted by Gasteiger charge is 2.50. The zero-order valence-corrected chi connectivity index (χ0v) is 49.2. The van der Waals surface area contributed by atoms with Gasteiger partial charge in [-0.2, -0.15) is 0 Å². The van der Waals surface area contributed by atoms with Crippen LogP contribution in [0.2, 0.25) is 0 Å². The molecule has 0 aliphatic carbocycles. The molecule has 21 heteroatoms. The Bertz CT molecular complexity index is 1910. The number of fused-ring (bicyclic) bond motifs is 2. The van der Waals surface area contributed by atoms with Gasteiger partial charge in [-0.05, 0) is 101 Å². The molecule has 2 heterocycles. The summed E-state index contributed by atoms with van der Waals surface area (Å²) in [6.07, 6.45) is -2.09. The Labute approximate surface area is 475 Å². The monoisotopic (exact) mass is 1140 g/mol. The van der Waals surface area contributed by atoms with E-state index >= 15 is 0 Å². The molecule has 0 aromatic carbocycles. The van der Waals surface area contributed by atoms with Crippen molar-refractivity contribution < 1.29 is 89.9 Å². The van der Waals surface area contributed by atoms with E-state index in [9.17, 15) is 75.7 Å². The number of aliphatic hydroxyl groups is 11. The van der Waals surface area contributed by atoms with Gasteiger partial charge >= 0.3 is 17.9 Å². The number of guanidine groups is 1. The Balaban J connectivity index is 2.41. The number of nitrogens with one attached hydrogen (secondary N) is 1. The highest BCUT2D eigenvalue weighted by molar-refractivity contribution is 5.90. The third-order valence-electron chi connectivity index (χ3n) is 16.6. The molecular weight excluding hydrogens is 1040 g/mol. The fourth-order valence-electron chi connectivity index (χ4n) is 10.7. The zero-order valence-electron chi connectivity index (χ0n) is 49.2. The third kappa shape index (κ3) is 26.3. The second-order valence-corrected chi connectivity index (χ2v) is 23.8. The number of cyclic esters (lactones) is 1. The topological polar surface area (TPSA) is 372 Å². The third-order valence-corrected chi connectivity index (χ3v) is 16.6. The second-order valence-electron chi connectivity index (χ2n) is 23.8. The van der Waals surface area contributed by atoms with E-state index in [1.165, 1.54) is 6.08 Å². The number of aliphatic imine (C=N–C) groups is 1. The first kappa shape index (κ1) is 72.5. The van der Waals surface area contributed by atoms with Gasteiger partial charge in [-0.3, -0.25) is 19.4 Å². The van der Waals surface area contributed by atoms with Crippen molar-refractivity contribution in [3.8, 4) is 0 Å². The number of carboxylic acid groups (broad SMARTS) is 1. The van der Waals surface area contributed by atoms with Gasteiger partial charge in [0.1, 0.15) is 24.7 Å². The summed E-state index contributed by atoms with van der Waals surface area (Å²) in [6, 6.07) is 0. The molecule has 0 aromatic rings. The number of carboxylic acids is 1. The van der Waals surface area contributed by atoms with E-state index in [0.29, 0.717) is 18.3 Å². The van der Waals surface area contributed by atoms with Crippen molar-refractivity contribution in [1.29, 1.82) is 0 Å². The summed E-state index contributed by atoms with van der Waals surface area (Å²) in [5.74, 6) is -9.01. The number of nitrogens with two attached hydrogens (primary N) is 1. The van der Waals surface area contributed by atoms with E-state index in [2.05, 4.69) is 29.4 Å². The minimum absolute atomic E-state index is 0.0856. The van der Waals surface area contributed by atoms with Crippen molar-refractivity contribution >= 4 is 23.9 Å². The maximum atomic E-state index is 13.9. The van der Waals surface area contributed by atoms with Gasteiger partial charge in [0, 0.05) is 57.0 Å². The van der Waals surface area contributed by atoms with E-state index < -0.39 is 145 Å². The number of esters is 2. The van der Waals surface area contributed by atoms with Crippen molar-refractivity contribution in [3.05, 3.63) is 36.5 Å². The number of carbonyl (C=O) groups is 3. The molecule has 1 saturated heterocycles. The van der Waals surface area contributed by atoms with Crippen LogP contribution in [0, 0.1) is 47.3 Å². The normalized spacial score (nSPS) is 37.9. The van der Waals surface area contributed by atoms with Gasteiger partial charge < -0.3 is 86.5 Å². The maximum Gasteiger partial charge on any atom is 0.317 e. The number of rotatable bonds is 14. The van der Waals surface area contributed by atoms with Crippen LogP contribution in [0.25, 0.3) is 0 Å². The number of carbonyl (C=O) groups excluding carboxylic acids is 2. The predicted octanol–water partition coefficient (Wildman–Crippen LogP) is 3.53. The molecule has 2 bridgehead atoms. The van der Waals surface area contributed by atoms with Crippen molar-refractivity contribution in [1.82, 2.24) is 5.32 Å². The van der Waals surface area contributed by atoms with Crippen LogP contribution in [0.4, 0.5) is 0 Å². The lowest BCUT2D eigenvalue weighted by Crippen LogP contribution is -2.60. The molecule has 22 unspecified atom stereocenters. The summed E-state index contributed by atoms with van der Waals surface area (Å²) >= 11 is 0. The minimum atomic E-state index is -2.53. The highest BCUT2D eigenvalue weighted by atomic mass is 16.7. The average Bonchev–Trinajstić information content (AvgIpc) is 3.38. The van der Waals surface area contributed by atoms with Crippen LogP contribution in [0.3, 0.4) is 0 Å². The van der Waals surface area contributed by atoms with Gasteiger partial charge in [-0.25, -0.2) is 0 Å². The number of unbranched alkanes of at least 4 members (excludes halogenated alkanes) is 2. The van der Waals surface area contributed by atoms with Crippen molar-refractivity contribution in [2.24, 2.45) is 58.1 Å². The van der Waals surface area contributed by atoms with E-state index in [-0.39, 0.29) is 63.2 Å². The summed E-state index contributed by atoms with van der Waals surface area (Å²) in [5, 5.41) is 135. The quantitative estimate of drug-likeness (QED) is 0.0295. The fourth-order valence-corrected chi connectivity index (χ4v) is 10.7. The minimum Gasteiger partial charge on any atom is -0.481 e. The molecule has 0 aromatic heterocycles. The maximum absolute atomic E-state index is 13.9. The van der Waals surface area contributed by atoms with Crippen LogP contribution in [-0.4, -0.2) is 184 Å². The van der Waals surface area contributed by atoms with Crippen LogP contribution < -0.4 is 11.1 Å². The smallest absolute Gasteiger partial charge is 0.317 e. The van der Waals surface area contributed by atoms with Crippen LogP contribution in [0.1, 0.15) is 165 Å². The molecule has 22 atom stereocenters. The lowest BCUT2D eigenvalue weighted by atomic mass is 9.83. The summed E-state index contributed by atoms with van der Waals surface area (Å²) in [5.41, 5.74) is 5.69. The highest BCUT2D eigenvalue weighted by Crippen LogP contribution is 2.37. The SMILES string of the molecule is CN=C(N)NCCCC=CCCCC(C)CC(C)C1OC(=O)C(C)C(O)CCC(C)C(O)CC(O)C(C)C(O)CCC(C)C(O)CC2(O)OC(CC(OC(=O)CC(=O)O)CC(O)CC(O)C(C)C(O)C=CC=CC1C)CC(O)C2O. The summed E-state index contributed by atoms with van der Waals surface area (Å²) < 4.78 is 17.6. The number of hydrogen-bond acceptors (Lipinski definition) is 18. The largest absolute Gasteiger partial charge is 0.481 e. The number of aliphatic carboxylic acids is 1. The van der Waals surface area contributed by atoms with Crippen LogP contribution in [0.5, 0.6) is 0 Å². The first-order chi connectivity index (χ1) is 37.5. The molecule has 80 heavy (non-hydrogen) atoms. The Morgan fingerprint density at radius 2 is 1.36 bits per heavy atom. The van der Waals surface area contributed by atoms with Gasteiger partial charge in [-0.15, -0.1) is 0 Å². The van der Waals surface area contributed by atoms with Crippen molar-refractivity contribution in [2.45, 2.75) is 250 Å². The molecule has 1 fully saturated rings. The molecule has 2 rings (SSSR count). The van der Waals surface area contributed by atoms with Gasteiger partial charge in [-0.1, -0.05) is 91.3 Å². The Hall–Kier alpha value is -3.58. The fraction of sp³-hybridized carbons (Fsp3) is 0.831. The van der Waals surface area contributed by atoms with Gasteiger partial charge in [0.2, 0.25) is 0 Å². The Kier molecular flexibility index (Phi) is 33.4. The molecule has 2 aliphatic heterocycles. The van der Waals surface area contributed by atoms with Crippen LogP contribution in [-0.2, 0) is 28.6 Å². The molecule has 0 radical (unpaired) electrons. The van der Waals surface area contributed by atoms with E-state index in [1.54, 1.807) is 53.8 Å². The lowest BCUT2D eigenvalue weighted by Gasteiger charge is -2.45. The number of hydrogen-bond donors (Lipinski definition) is 14. The van der Waals surface area contributed by atoms with Crippen molar-refractivity contribution in [2.75, 3.05) is 13.6 Å². The number of nitrogens with zero attached hydrogens (tertiary/aromatic N) is 1. The molecule has 464 valence electrons. The van der Waals surface area contributed by atoms with Gasteiger partial charge in [0.15, 0.2) is 11.7 Å². The summed E-state index contributed by atoms with van der Waals surface area (Å²) in [4.78, 5) is 41.8. The molecule has 0 spiro atoms. The summed E-state index contributed by atoms with van der Waals surface area (Å²) in [6.45, 7) is 15.0. The lowest BCUT2D eigenvalue weighted by molar-refractivity contribution is -0.333. The number of allylic oxidation sites excluding steroid dienone is 4. The van der Waals surface area contributed by atoms with E-state index in [1.807, 2.05) is 19.9 Å². The van der Waals surface area contributed by atoms with E-state index in [0.717, 1.165) is 45.1 Å². The first-order valence-corrected chi connectivity index (χ1v) is 29.3. The molecule has 21 nitrogen and oxygen atoms in total. The molecule has 15 N–H and O–H groups in total. The van der Waals surface area contributed by atoms with Crippen molar-refractivity contribution in [3.63, 3.8) is 0 Å². The molecular formula is C59H105N3O18. The molecule has 0 saturated carbocycles. The zero-order chi connectivity index (χ0) is 60.4. The van der Waals surface area contributed by atoms with E-state index in [4.69, 9.17) is 19.9 Å². The molecule has 2 aliphatic rings. The first-order valence-electron chi connectivity index (χ1n) is 29.3. The average molecular weight is 1140 g/mol. The van der Waals surface area contributed by atoms with Crippen LogP contribution in [0.15, 0.2) is 41.4 Å². The van der Waals surface area contributed by atoms with Gasteiger partial charge in [0.05, 0.1) is 67.0 Å².